The molecule has 5 saturated heterocycles. The van der Waals surface area contributed by atoms with E-state index in [1.165, 1.54) is 19.6 Å². The van der Waals surface area contributed by atoms with E-state index >= 15 is 0 Å². The molecule has 0 amide bonds. The van der Waals surface area contributed by atoms with Gasteiger partial charge in [-0.1, -0.05) is 44.1 Å². The first-order chi connectivity index (χ1) is 37.1. The molecule has 0 radical (unpaired) electrons. The number of aliphatic hydroxyl groups is 10. The molecule has 4 aliphatic carbocycles. The van der Waals surface area contributed by atoms with Gasteiger partial charge < -0.3 is 98.4 Å². The highest BCUT2D eigenvalue weighted by Crippen LogP contribution is 2.71. The summed E-state index contributed by atoms with van der Waals surface area (Å²) in [5, 5.41) is 111. The Morgan fingerprint density at radius 1 is 0.709 bits per heavy atom. The van der Waals surface area contributed by atoms with Gasteiger partial charge in [-0.05, 0) is 108 Å². The highest BCUT2D eigenvalue weighted by molar-refractivity contribution is 7.80. The fraction of sp³-hybridized carbons (Fsp3) is 0.906. The monoisotopic (exact) mass is 1150 g/mol. The first-order valence-corrected chi connectivity index (χ1v) is 29.1. The molecule has 1 spiro atoms. The van der Waals surface area contributed by atoms with Gasteiger partial charge >= 0.3 is 16.4 Å². The molecule has 5 heterocycles. The van der Waals surface area contributed by atoms with Gasteiger partial charge in [-0.2, -0.15) is 8.42 Å². The van der Waals surface area contributed by atoms with Crippen molar-refractivity contribution in [1.29, 1.82) is 0 Å². The molecule has 5 aliphatic heterocycles. The molecule has 28 unspecified atom stereocenters. The zero-order valence-electron chi connectivity index (χ0n) is 45.9. The molecule has 25 nitrogen and oxygen atoms in total. The second-order valence-electron chi connectivity index (χ2n) is 24.8. The molecule has 28 atom stereocenters. The fourth-order valence-corrected chi connectivity index (χ4v) is 16.2. The number of carbonyl (C=O) groups excluding carboxylic acids is 1. The summed E-state index contributed by atoms with van der Waals surface area (Å²) in [5.41, 5.74) is -0.463. The van der Waals surface area contributed by atoms with Crippen LogP contribution in [-0.2, 0) is 66.7 Å². The molecule has 9 rings (SSSR count). The van der Waals surface area contributed by atoms with Gasteiger partial charge in [0.15, 0.2) is 25.2 Å². The molecule has 9 aliphatic rings. The molecule has 0 bridgehead atoms. The van der Waals surface area contributed by atoms with Crippen LogP contribution in [0.4, 0.5) is 0 Å². The van der Waals surface area contributed by atoms with E-state index < -0.39 is 181 Å². The van der Waals surface area contributed by atoms with Crippen LogP contribution in [-0.4, -0.2) is 231 Å². The van der Waals surface area contributed by atoms with Crippen molar-refractivity contribution in [2.45, 2.75) is 234 Å². The Balaban J connectivity index is 0.898. The lowest BCUT2D eigenvalue weighted by Gasteiger charge is -2.62. The van der Waals surface area contributed by atoms with Gasteiger partial charge in [-0.3, -0.25) is 9.35 Å². The number of esters is 1. The Labute approximate surface area is 459 Å². The minimum absolute atomic E-state index is 0.0308. The molecule has 79 heavy (non-hydrogen) atoms. The maximum atomic E-state index is 14.2. The normalized spacial score (nSPS) is 50.6. The third-order valence-electron chi connectivity index (χ3n) is 19.6. The largest absolute Gasteiger partial charge is 0.459 e. The molecule has 0 aromatic carbocycles. The molecular formula is C53H84O25S. The quantitative estimate of drug-likeness (QED) is 0.0383. The molecule has 0 aromatic rings. The van der Waals surface area contributed by atoms with Crippen molar-refractivity contribution in [3.05, 3.63) is 23.3 Å². The fourth-order valence-electron chi connectivity index (χ4n) is 15.7. The zero-order valence-corrected chi connectivity index (χ0v) is 46.7. The zero-order chi connectivity index (χ0) is 57.6. The number of rotatable bonds is 16. The van der Waals surface area contributed by atoms with Crippen LogP contribution in [0.5, 0.6) is 0 Å². The Kier molecular flexibility index (Phi) is 18.1. The number of hydrogen-bond donors (Lipinski definition) is 11. The van der Waals surface area contributed by atoms with E-state index in [1.807, 2.05) is 26.8 Å². The third-order valence-corrected chi connectivity index (χ3v) is 20.1. The van der Waals surface area contributed by atoms with E-state index in [-0.39, 0.29) is 29.6 Å². The molecule has 3 saturated carbocycles. The Morgan fingerprint density at radius 2 is 1.30 bits per heavy atom. The summed E-state index contributed by atoms with van der Waals surface area (Å²) in [6.45, 7) is 11.7. The third kappa shape index (κ3) is 10.9. The number of methoxy groups -OCH3 is 1. The van der Waals surface area contributed by atoms with E-state index in [0.29, 0.717) is 19.3 Å². The van der Waals surface area contributed by atoms with Crippen molar-refractivity contribution in [2.24, 2.45) is 39.9 Å². The van der Waals surface area contributed by atoms with Gasteiger partial charge in [0.1, 0.15) is 96.5 Å². The van der Waals surface area contributed by atoms with Crippen LogP contribution in [0.25, 0.3) is 0 Å². The Morgan fingerprint density at radius 3 is 1.92 bits per heavy atom. The summed E-state index contributed by atoms with van der Waals surface area (Å²) in [7, 11) is -3.98. The second kappa shape index (κ2) is 23.1. The van der Waals surface area contributed by atoms with Crippen molar-refractivity contribution >= 4 is 16.4 Å². The lowest BCUT2D eigenvalue weighted by molar-refractivity contribution is -0.389. The van der Waals surface area contributed by atoms with Gasteiger partial charge in [0.25, 0.3) is 0 Å². The highest BCUT2D eigenvalue weighted by Gasteiger charge is 2.74. The smallest absolute Gasteiger partial charge is 0.397 e. The van der Waals surface area contributed by atoms with Gasteiger partial charge in [-0.25, -0.2) is 4.18 Å². The molecule has 26 heteroatoms. The number of hydrogen-bond acceptors (Lipinski definition) is 24. The summed E-state index contributed by atoms with van der Waals surface area (Å²) < 4.78 is 97.9. The van der Waals surface area contributed by atoms with Gasteiger partial charge in [0.05, 0.1) is 38.1 Å². The number of fused-ring (bicyclic) bond motifs is 4. The summed E-state index contributed by atoms with van der Waals surface area (Å²) in [4.78, 5) is 14.2. The van der Waals surface area contributed by atoms with Crippen LogP contribution in [0.15, 0.2) is 23.3 Å². The molecule has 0 aromatic heterocycles. The lowest BCUT2D eigenvalue weighted by atomic mass is 9.43. The molecule has 11 N–H and O–H groups in total. The van der Waals surface area contributed by atoms with E-state index in [4.69, 9.17) is 51.6 Å². The van der Waals surface area contributed by atoms with Gasteiger partial charge in [0, 0.05) is 13.0 Å². The van der Waals surface area contributed by atoms with Crippen LogP contribution in [0, 0.1) is 39.9 Å². The van der Waals surface area contributed by atoms with Crippen molar-refractivity contribution < 1.29 is 120 Å². The maximum Gasteiger partial charge on any atom is 0.397 e. The summed E-state index contributed by atoms with van der Waals surface area (Å²) in [5.74, 6) is -0.520. The Bertz CT molecular complexity index is 2340. The number of cyclic esters (lactones) is 1. The summed E-state index contributed by atoms with van der Waals surface area (Å²) in [6, 6.07) is 0. The van der Waals surface area contributed by atoms with E-state index in [9.17, 15) is 68.8 Å². The number of carbonyl (C=O) groups is 1. The highest BCUT2D eigenvalue weighted by atomic mass is 32.3. The van der Waals surface area contributed by atoms with Crippen LogP contribution < -0.4 is 0 Å². The van der Waals surface area contributed by atoms with Crippen LogP contribution in [0.2, 0.25) is 0 Å². The minimum Gasteiger partial charge on any atom is -0.459 e. The molecular weight excluding hydrogens is 1070 g/mol. The second-order valence-corrected chi connectivity index (χ2v) is 25.8. The van der Waals surface area contributed by atoms with E-state index in [2.05, 4.69) is 26.8 Å². The lowest BCUT2D eigenvalue weighted by Crippen LogP contribution is -2.67. The Hall–Kier alpha value is -1.94. The van der Waals surface area contributed by atoms with E-state index in [0.717, 1.165) is 37.7 Å². The van der Waals surface area contributed by atoms with Crippen molar-refractivity contribution in [3.8, 4) is 0 Å². The van der Waals surface area contributed by atoms with Crippen molar-refractivity contribution in [1.82, 2.24) is 0 Å². The topological polar surface area (TPSA) is 375 Å². The number of aliphatic hydroxyl groups excluding tert-OH is 10. The van der Waals surface area contributed by atoms with Crippen molar-refractivity contribution in [3.63, 3.8) is 0 Å². The average Bonchev–Trinajstić information content (AvgIpc) is 4.01. The van der Waals surface area contributed by atoms with Crippen LogP contribution in [0.3, 0.4) is 0 Å². The summed E-state index contributed by atoms with van der Waals surface area (Å²) >= 11 is 0. The summed E-state index contributed by atoms with van der Waals surface area (Å²) in [6.07, 6.45) is -23.9. The van der Waals surface area contributed by atoms with E-state index in [1.54, 1.807) is 0 Å². The number of ether oxygens (including phenoxy) is 10. The maximum absolute atomic E-state index is 14.2. The number of allylic oxidation sites excluding steroid dienone is 3. The van der Waals surface area contributed by atoms with Gasteiger partial charge in [0.2, 0.25) is 0 Å². The van der Waals surface area contributed by atoms with Crippen LogP contribution in [0.1, 0.15) is 99.8 Å². The molecule has 452 valence electrons. The predicted octanol–water partition coefficient (Wildman–Crippen LogP) is -0.980. The SMILES string of the molecule is COC1C(O)C(CO)OC(OC2C(O)C(CO)OC(OC3C(C)OC(OC4C(OC5CCC6(C)C7=CC(O)C89C(=O)OC(C)(CCC=C(C)C)C8CCC9C7CCC6C5(C)C)OCC(OS(=O)(=O)O)C4O)C(O)C3O)C2O)C1O. The minimum atomic E-state index is -5.17. The van der Waals surface area contributed by atoms with Crippen molar-refractivity contribution in [2.75, 3.05) is 26.9 Å². The standard InChI is InChI=1S/C53H84O25S/c1-22(2)10-9-16-52(7)31-14-12-25-24-11-13-30-50(4,5)33(15-17-51(30,6)26(24)18-32(56)53(25,31)49(64)77-52)73-48-44(36(59)29(21-69-48)78-79(65,66)67)76-45-38(61)37(60)41(23(3)70-45)74-47-40(63)43(35(58)28(20-55)72-47)75-46-39(62)42(68-8)34(57)27(19-54)71-46/h10,18,23-25,27-48,54-63H,9,11-17,19-21H2,1-8H3,(H,65,66,67). The molecule has 8 fully saturated rings. The van der Waals surface area contributed by atoms with Crippen LogP contribution >= 0.6 is 0 Å². The first-order valence-electron chi connectivity index (χ1n) is 27.7. The first kappa shape index (κ1) is 61.6. The average molecular weight is 1150 g/mol. The predicted molar refractivity (Wildman–Crippen MR) is 268 cm³/mol. The van der Waals surface area contributed by atoms with Gasteiger partial charge in [-0.15, -0.1) is 0 Å².